The topological polar surface area (TPSA) is 121 Å². The molecular formula is C19H17N5O4S. The van der Waals surface area contributed by atoms with Crippen molar-refractivity contribution in [3.05, 3.63) is 41.3 Å². The van der Waals surface area contributed by atoms with Crippen LogP contribution in [-0.4, -0.2) is 52.2 Å². The van der Waals surface area contributed by atoms with E-state index < -0.39 is 5.97 Å². The van der Waals surface area contributed by atoms with E-state index >= 15 is 0 Å². The van der Waals surface area contributed by atoms with E-state index in [-0.39, 0.29) is 11.4 Å². The first kappa shape index (κ1) is 18.9. The van der Waals surface area contributed by atoms with Crippen molar-refractivity contribution in [2.75, 3.05) is 30.9 Å². The van der Waals surface area contributed by atoms with Crippen LogP contribution >= 0.6 is 11.8 Å². The molecule has 0 saturated carbocycles. The zero-order valence-corrected chi connectivity index (χ0v) is 16.3. The van der Waals surface area contributed by atoms with Crippen LogP contribution < -0.4 is 9.64 Å². The molecule has 1 aromatic heterocycles. The lowest BCUT2D eigenvalue weighted by atomic mass is 10.0. The minimum absolute atomic E-state index is 0.137. The molecule has 9 nitrogen and oxygen atoms in total. The van der Waals surface area contributed by atoms with Crippen LogP contribution in [0.4, 0.5) is 11.4 Å². The molecule has 29 heavy (non-hydrogen) atoms. The fourth-order valence-corrected chi connectivity index (χ4v) is 3.59. The molecule has 0 atom stereocenters. The average Bonchev–Trinajstić information content (AvgIpc) is 3.21. The largest absolute Gasteiger partial charge is 0.490 e. The number of aromatic amines is 1. The van der Waals surface area contributed by atoms with Crippen molar-refractivity contribution in [2.45, 2.75) is 5.16 Å². The first-order chi connectivity index (χ1) is 14.0. The van der Waals surface area contributed by atoms with Crippen molar-refractivity contribution >= 4 is 29.1 Å². The summed E-state index contributed by atoms with van der Waals surface area (Å²) in [4.78, 5) is 28.4. The number of benzene rings is 2. The normalized spacial score (nSPS) is 12.9. The van der Waals surface area contributed by atoms with Gasteiger partial charge in [0.1, 0.15) is 18.0 Å². The number of anilines is 1. The maximum atomic E-state index is 11.2. The fraction of sp³-hybridized carbons (Fsp3) is 0.211. The van der Waals surface area contributed by atoms with E-state index in [2.05, 4.69) is 25.3 Å². The van der Waals surface area contributed by atoms with Gasteiger partial charge in [-0.15, -0.1) is 10.0 Å². The Hall–Kier alpha value is -3.40. The maximum absolute atomic E-state index is 11.2. The number of aliphatic carboxylic acids is 1. The smallest absolute Gasteiger partial charge is 0.313 e. The molecule has 2 N–H and O–H groups in total. The molecule has 4 rings (SSSR count). The van der Waals surface area contributed by atoms with Gasteiger partial charge >= 0.3 is 5.97 Å². The number of H-pyrrole nitrogens is 1. The van der Waals surface area contributed by atoms with Crippen molar-refractivity contribution in [2.24, 2.45) is 5.18 Å². The third kappa shape index (κ3) is 4.06. The number of thioether (sulfide) groups is 1. The van der Waals surface area contributed by atoms with Crippen LogP contribution in [0.25, 0.3) is 22.5 Å². The summed E-state index contributed by atoms with van der Waals surface area (Å²) in [6.45, 7) is 1.44. The summed E-state index contributed by atoms with van der Waals surface area (Å²) < 4.78 is 5.77. The van der Waals surface area contributed by atoms with Crippen LogP contribution in [0.5, 0.6) is 5.75 Å². The highest BCUT2D eigenvalue weighted by molar-refractivity contribution is 7.99. The maximum Gasteiger partial charge on any atom is 0.313 e. The first-order valence-electron chi connectivity index (χ1n) is 8.77. The Labute approximate surface area is 170 Å². The molecule has 0 bridgehead atoms. The summed E-state index contributed by atoms with van der Waals surface area (Å²) in [7, 11) is 2.01. The number of carboxylic acids is 1. The lowest BCUT2D eigenvalue weighted by Crippen LogP contribution is -2.28. The molecule has 0 amide bonds. The Morgan fingerprint density at radius 3 is 2.90 bits per heavy atom. The molecule has 0 saturated heterocycles. The molecule has 3 aromatic rings. The highest BCUT2D eigenvalue weighted by Gasteiger charge is 2.17. The van der Waals surface area contributed by atoms with Gasteiger partial charge in [0.25, 0.3) is 0 Å². The quantitative estimate of drug-likeness (QED) is 0.467. The molecule has 1 aliphatic rings. The number of carboxylic acid groups (broad SMARTS) is 1. The summed E-state index contributed by atoms with van der Waals surface area (Å²) in [5.41, 5.74) is 3.56. The Morgan fingerprint density at radius 2 is 2.10 bits per heavy atom. The predicted octanol–water partition coefficient (Wildman–Crippen LogP) is 3.54. The van der Waals surface area contributed by atoms with Crippen molar-refractivity contribution in [3.8, 4) is 28.3 Å². The van der Waals surface area contributed by atoms with Crippen LogP contribution in [0.15, 0.2) is 46.7 Å². The molecule has 148 valence electrons. The zero-order valence-electron chi connectivity index (χ0n) is 15.5. The van der Waals surface area contributed by atoms with Crippen LogP contribution in [-0.2, 0) is 4.79 Å². The zero-order chi connectivity index (χ0) is 20.4. The van der Waals surface area contributed by atoms with Gasteiger partial charge in [-0.3, -0.25) is 9.89 Å². The molecule has 0 aliphatic carbocycles. The number of nitroso groups, excluding NO2 is 1. The Morgan fingerprint density at radius 1 is 1.28 bits per heavy atom. The number of hydrogen-bond donors (Lipinski definition) is 2. The molecule has 1 aliphatic heterocycles. The van der Waals surface area contributed by atoms with Gasteiger partial charge in [0.05, 0.1) is 18.0 Å². The molecule has 2 heterocycles. The highest BCUT2D eigenvalue weighted by Crippen LogP contribution is 2.37. The molecule has 0 spiro atoms. The average molecular weight is 411 g/mol. The molecular weight excluding hydrogens is 394 g/mol. The SMILES string of the molecule is CN1CCOc2cc(-c3cc(N=O)cc(-c4nc(SCC(=O)O)n[nH]4)c3)ccc21. The van der Waals surface area contributed by atoms with Gasteiger partial charge in [-0.25, -0.2) is 4.98 Å². The minimum Gasteiger partial charge on any atom is -0.490 e. The van der Waals surface area contributed by atoms with Crippen molar-refractivity contribution in [3.63, 3.8) is 0 Å². The van der Waals surface area contributed by atoms with E-state index in [9.17, 15) is 9.70 Å². The number of nitrogens with zero attached hydrogens (tertiary/aromatic N) is 4. The van der Waals surface area contributed by atoms with E-state index in [1.807, 2.05) is 31.3 Å². The Balaban J connectivity index is 1.69. The van der Waals surface area contributed by atoms with E-state index in [1.54, 1.807) is 12.1 Å². The van der Waals surface area contributed by atoms with Gasteiger partial charge in [0, 0.05) is 12.6 Å². The van der Waals surface area contributed by atoms with Gasteiger partial charge in [0.2, 0.25) is 5.16 Å². The van der Waals surface area contributed by atoms with E-state index in [0.29, 0.717) is 23.2 Å². The lowest BCUT2D eigenvalue weighted by Gasteiger charge is -2.28. The third-order valence-corrected chi connectivity index (χ3v) is 5.31. The number of fused-ring (bicyclic) bond motifs is 1. The monoisotopic (exact) mass is 411 g/mol. The number of ether oxygens (including phenoxy) is 1. The Bertz CT molecular complexity index is 1080. The highest BCUT2D eigenvalue weighted by atomic mass is 32.2. The number of nitrogens with one attached hydrogen (secondary N) is 1. The molecule has 10 heteroatoms. The van der Waals surface area contributed by atoms with Gasteiger partial charge in [-0.05, 0) is 46.6 Å². The summed E-state index contributed by atoms with van der Waals surface area (Å²) >= 11 is 1.01. The van der Waals surface area contributed by atoms with Crippen LogP contribution in [0.2, 0.25) is 0 Å². The van der Waals surface area contributed by atoms with Crippen LogP contribution in [0.3, 0.4) is 0 Å². The minimum atomic E-state index is -0.948. The van der Waals surface area contributed by atoms with E-state index in [1.165, 1.54) is 0 Å². The third-order valence-electron chi connectivity index (χ3n) is 4.47. The number of likely N-dealkylation sites (N-methyl/N-ethyl adjacent to an activating group) is 1. The van der Waals surface area contributed by atoms with E-state index in [4.69, 9.17) is 9.84 Å². The second-order valence-electron chi connectivity index (χ2n) is 6.46. The van der Waals surface area contributed by atoms with E-state index in [0.717, 1.165) is 40.9 Å². The summed E-state index contributed by atoms with van der Waals surface area (Å²) in [5, 5.41) is 19.0. The number of rotatable bonds is 6. The van der Waals surface area contributed by atoms with Crippen molar-refractivity contribution in [1.29, 1.82) is 0 Å². The standard InChI is InChI=1S/C19H17N5O4S/c1-24-4-5-28-16-9-11(2-3-15(16)24)12-6-13(8-14(7-12)23-27)18-20-19(22-21-18)29-10-17(25)26/h2-3,6-9H,4-5,10H2,1H3,(H,25,26)(H,20,21,22). The van der Waals surface area contributed by atoms with Crippen molar-refractivity contribution in [1.82, 2.24) is 15.2 Å². The summed E-state index contributed by atoms with van der Waals surface area (Å²) in [6.07, 6.45) is 0. The Kier molecular flexibility index (Phi) is 5.17. The van der Waals surface area contributed by atoms with Gasteiger partial charge in [-0.1, -0.05) is 17.8 Å². The fourth-order valence-electron chi connectivity index (χ4n) is 3.07. The first-order valence-corrected chi connectivity index (χ1v) is 9.76. The van der Waals surface area contributed by atoms with Crippen molar-refractivity contribution < 1.29 is 14.6 Å². The lowest BCUT2D eigenvalue weighted by molar-refractivity contribution is -0.133. The molecule has 0 radical (unpaired) electrons. The second kappa shape index (κ2) is 7.92. The number of aromatic nitrogens is 3. The summed E-state index contributed by atoms with van der Waals surface area (Å²) in [5.74, 6) is 0.131. The van der Waals surface area contributed by atoms with Crippen LogP contribution in [0.1, 0.15) is 0 Å². The van der Waals surface area contributed by atoms with Gasteiger partial charge < -0.3 is 14.7 Å². The molecule has 2 aromatic carbocycles. The second-order valence-corrected chi connectivity index (χ2v) is 7.40. The molecule has 0 fully saturated rings. The molecule has 0 unspecified atom stereocenters. The van der Waals surface area contributed by atoms with Gasteiger partial charge in [0.15, 0.2) is 5.82 Å². The number of hydrogen-bond acceptors (Lipinski definition) is 8. The summed E-state index contributed by atoms with van der Waals surface area (Å²) in [6, 6.07) is 11.1. The predicted molar refractivity (Wildman–Crippen MR) is 110 cm³/mol. The van der Waals surface area contributed by atoms with Crippen LogP contribution in [0, 0.1) is 4.91 Å². The van der Waals surface area contributed by atoms with Gasteiger partial charge in [-0.2, -0.15) is 0 Å². The number of carbonyl (C=O) groups is 1.